The second kappa shape index (κ2) is 5.65. The van der Waals surface area contributed by atoms with Gasteiger partial charge in [-0.05, 0) is 43.9 Å². The lowest BCUT2D eigenvalue weighted by Crippen LogP contribution is -2.39. The molecule has 2 N–H and O–H groups in total. The average molecular weight is 298 g/mol. The SMILES string of the molecule is O=C(N[C@H]1CCC[C@H](O)C1)c1cccc(Br)c1. The van der Waals surface area contributed by atoms with E-state index in [4.69, 9.17) is 0 Å². The highest BCUT2D eigenvalue weighted by atomic mass is 79.9. The number of aliphatic hydroxyl groups excluding tert-OH is 1. The predicted molar refractivity (Wildman–Crippen MR) is 69.9 cm³/mol. The fraction of sp³-hybridized carbons (Fsp3) is 0.462. The van der Waals surface area contributed by atoms with Crippen molar-refractivity contribution in [1.82, 2.24) is 5.32 Å². The maximum Gasteiger partial charge on any atom is 0.251 e. The standard InChI is InChI=1S/C13H16BrNO2/c14-10-4-1-3-9(7-10)13(17)15-11-5-2-6-12(16)8-11/h1,3-4,7,11-12,16H,2,5-6,8H2,(H,15,17)/t11-,12-/m0/s1. The first-order valence-corrected chi connectivity index (χ1v) is 6.69. The van der Waals surface area contributed by atoms with Gasteiger partial charge in [-0.1, -0.05) is 22.0 Å². The number of aliphatic hydroxyl groups is 1. The van der Waals surface area contributed by atoms with E-state index in [1.54, 1.807) is 12.1 Å². The Morgan fingerprint density at radius 2 is 2.24 bits per heavy atom. The maximum atomic E-state index is 12.0. The van der Waals surface area contributed by atoms with Gasteiger partial charge in [0.1, 0.15) is 0 Å². The predicted octanol–water partition coefficient (Wildman–Crippen LogP) is 2.48. The number of benzene rings is 1. The van der Waals surface area contributed by atoms with Crippen LogP contribution in [0.2, 0.25) is 0 Å². The molecule has 1 fully saturated rings. The van der Waals surface area contributed by atoms with Crippen molar-refractivity contribution >= 4 is 21.8 Å². The Morgan fingerprint density at radius 1 is 1.41 bits per heavy atom. The topological polar surface area (TPSA) is 49.3 Å². The number of nitrogens with one attached hydrogen (secondary N) is 1. The van der Waals surface area contributed by atoms with Gasteiger partial charge in [-0.2, -0.15) is 0 Å². The smallest absolute Gasteiger partial charge is 0.251 e. The van der Waals surface area contributed by atoms with E-state index >= 15 is 0 Å². The van der Waals surface area contributed by atoms with E-state index in [-0.39, 0.29) is 18.1 Å². The van der Waals surface area contributed by atoms with Crippen LogP contribution in [0.4, 0.5) is 0 Å². The summed E-state index contributed by atoms with van der Waals surface area (Å²) in [6.45, 7) is 0. The van der Waals surface area contributed by atoms with Crippen molar-refractivity contribution in [2.24, 2.45) is 0 Å². The molecule has 17 heavy (non-hydrogen) atoms. The Bertz CT molecular complexity index is 408. The molecule has 1 saturated carbocycles. The van der Waals surface area contributed by atoms with Gasteiger partial charge in [-0.3, -0.25) is 4.79 Å². The highest BCUT2D eigenvalue weighted by Gasteiger charge is 2.21. The van der Waals surface area contributed by atoms with Gasteiger partial charge < -0.3 is 10.4 Å². The minimum atomic E-state index is -0.267. The van der Waals surface area contributed by atoms with Gasteiger partial charge in [0.15, 0.2) is 0 Å². The molecule has 0 aliphatic heterocycles. The molecule has 0 heterocycles. The summed E-state index contributed by atoms with van der Waals surface area (Å²) in [6, 6.07) is 7.43. The summed E-state index contributed by atoms with van der Waals surface area (Å²) >= 11 is 3.35. The van der Waals surface area contributed by atoms with Gasteiger partial charge in [-0.15, -0.1) is 0 Å². The molecule has 1 aromatic rings. The van der Waals surface area contributed by atoms with Gasteiger partial charge in [0.2, 0.25) is 0 Å². The monoisotopic (exact) mass is 297 g/mol. The number of halogens is 1. The van der Waals surface area contributed by atoms with Crippen LogP contribution in [0.25, 0.3) is 0 Å². The fourth-order valence-electron chi connectivity index (χ4n) is 2.19. The van der Waals surface area contributed by atoms with Crippen molar-refractivity contribution in [3.05, 3.63) is 34.3 Å². The Labute approximate surface area is 109 Å². The van der Waals surface area contributed by atoms with Crippen molar-refractivity contribution in [3.63, 3.8) is 0 Å². The zero-order chi connectivity index (χ0) is 12.3. The Kier molecular flexibility index (Phi) is 4.18. The van der Waals surface area contributed by atoms with Gasteiger partial charge in [0, 0.05) is 16.1 Å². The van der Waals surface area contributed by atoms with Gasteiger partial charge >= 0.3 is 0 Å². The third-order valence-electron chi connectivity index (χ3n) is 3.07. The first-order valence-electron chi connectivity index (χ1n) is 5.89. The Hall–Kier alpha value is -0.870. The molecule has 0 aromatic heterocycles. The molecule has 3 nitrogen and oxygen atoms in total. The van der Waals surface area contributed by atoms with Gasteiger partial charge in [0.25, 0.3) is 5.91 Å². The number of hydrogen-bond donors (Lipinski definition) is 2. The zero-order valence-corrected chi connectivity index (χ0v) is 11.1. The summed E-state index contributed by atoms with van der Waals surface area (Å²) < 4.78 is 0.897. The lowest BCUT2D eigenvalue weighted by Gasteiger charge is -2.26. The zero-order valence-electron chi connectivity index (χ0n) is 9.53. The first kappa shape index (κ1) is 12.6. The van der Waals surface area contributed by atoms with Crippen molar-refractivity contribution in [2.45, 2.75) is 37.8 Å². The Morgan fingerprint density at radius 3 is 2.94 bits per heavy atom. The van der Waals surface area contributed by atoms with E-state index in [1.165, 1.54) is 0 Å². The van der Waals surface area contributed by atoms with Crippen LogP contribution in [-0.2, 0) is 0 Å². The van der Waals surface area contributed by atoms with E-state index in [9.17, 15) is 9.90 Å². The average Bonchev–Trinajstić information content (AvgIpc) is 2.29. The number of carbonyl (C=O) groups is 1. The lowest BCUT2D eigenvalue weighted by molar-refractivity contribution is 0.0850. The van der Waals surface area contributed by atoms with Crippen molar-refractivity contribution in [1.29, 1.82) is 0 Å². The van der Waals surface area contributed by atoms with Crippen LogP contribution in [0, 0.1) is 0 Å². The summed E-state index contributed by atoms with van der Waals surface area (Å²) in [4.78, 5) is 12.0. The summed E-state index contributed by atoms with van der Waals surface area (Å²) in [6.07, 6.45) is 3.18. The van der Waals surface area contributed by atoms with Gasteiger partial charge in [-0.25, -0.2) is 0 Å². The lowest BCUT2D eigenvalue weighted by atomic mass is 9.93. The fourth-order valence-corrected chi connectivity index (χ4v) is 2.59. The molecule has 4 heteroatoms. The highest BCUT2D eigenvalue weighted by Crippen LogP contribution is 2.19. The second-order valence-electron chi connectivity index (χ2n) is 4.50. The van der Waals surface area contributed by atoms with Crippen LogP contribution in [0.3, 0.4) is 0 Å². The summed E-state index contributed by atoms with van der Waals surface area (Å²) in [7, 11) is 0. The third kappa shape index (κ3) is 3.54. The van der Waals surface area contributed by atoms with Crippen LogP contribution >= 0.6 is 15.9 Å². The number of amides is 1. The van der Waals surface area contributed by atoms with E-state index < -0.39 is 0 Å². The van der Waals surface area contributed by atoms with Gasteiger partial charge in [0.05, 0.1) is 6.10 Å². The van der Waals surface area contributed by atoms with E-state index in [2.05, 4.69) is 21.2 Å². The van der Waals surface area contributed by atoms with Crippen LogP contribution in [-0.4, -0.2) is 23.2 Å². The number of rotatable bonds is 2. The third-order valence-corrected chi connectivity index (χ3v) is 3.56. The summed E-state index contributed by atoms with van der Waals surface area (Å²) in [5.74, 6) is -0.0644. The molecular weight excluding hydrogens is 282 g/mol. The van der Waals surface area contributed by atoms with Crippen molar-refractivity contribution < 1.29 is 9.90 Å². The van der Waals surface area contributed by atoms with Crippen LogP contribution in [0.1, 0.15) is 36.0 Å². The van der Waals surface area contributed by atoms with Crippen LogP contribution in [0.5, 0.6) is 0 Å². The molecule has 1 aliphatic rings. The molecule has 0 bridgehead atoms. The molecule has 2 rings (SSSR count). The molecular formula is C13H16BrNO2. The molecule has 0 unspecified atom stereocenters. The molecule has 2 atom stereocenters. The minimum Gasteiger partial charge on any atom is -0.393 e. The van der Waals surface area contributed by atoms with E-state index in [0.29, 0.717) is 12.0 Å². The first-order chi connectivity index (χ1) is 8.15. The van der Waals surface area contributed by atoms with Crippen LogP contribution < -0.4 is 5.32 Å². The molecule has 1 amide bonds. The highest BCUT2D eigenvalue weighted by molar-refractivity contribution is 9.10. The maximum absolute atomic E-state index is 12.0. The normalized spacial score (nSPS) is 24.4. The molecule has 1 aromatic carbocycles. The molecule has 1 aliphatic carbocycles. The molecule has 92 valence electrons. The molecule has 0 radical (unpaired) electrons. The van der Waals surface area contributed by atoms with Crippen LogP contribution in [0.15, 0.2) is 28.7 Å². The minimum absolute atomic E-state index is 0.0644. The second-order valence-corrected chi connectivity index (χ2v) is 5.42. The number of hydrogen-bond acceptors (Lipinski definition) is 2. The molecule has 0 spiro atoms. The number of carbonyl (C=O) groups excluding carboxylic acids is 1. The van der Waals surface area contributed by atoms with Crippen molar-refractivity contribution in [3.8, 4) is 0 Å². The largest absolute Gasteiger partial charge is 0.393 e. The Balaban J connectivity index is 1.97. The van der Waals surface area contributed by atoms with Crippen molar-refractivity contribution in [2.75, 3.05) is 0 Å². The quantitative estimate of drug-likeness (QED) is 0.881. The van der Waals surface area contributed by atoms with E-state index in [0.717, 1.165) is 23.7 Å². The van der Waals surface area contributed by atoms with E-state index in [1.807, 2.05) is 12.1 Å². The molecule has 0 saturated heterocycles. The summed E-state index contributed by atoms with van der Waals surface area (Å²) in [5.41, 5.74) is 0.652. The summed E-state index contributed by atoms with van der Waals surface area (Å²) in [5, 5.41) is 12.5.